The molecule has 0 saturated carbocycles. The number of hydrogen-bond donors (Lipinski definition) is 0. The maximum atomic E-state index is 14.0. The lowest BCUT2D eigenvalue weighted by molar-refractivity contribution is -0.144. The zero-order valence-corrected chi connectivity index (χ0v) is 20.4. The molecule has 0 heterocycles. The molecule has 1 aromatic carbocycles. The summed E-state index contributed by atoms with van der Waals surface area (Å²) in [5, 5.41) is 0. The van der Waals surface area contributed by atoms with Crippen LogP contribution in [0.2, 0.25) is 0 Å². The second-order valence-corrected chi connectivity index (χ2v) is 9.14. The highest BCUT2D eigenvalue weighted by molar-refractivity contribution is 5.98. The fraction of sp³-hybridized carbons (Fsp3) is 0.607. The number of unbranched alkanes of at least 4 members (excludes halogenated alkanes) is 5. The number of hydrogen-bond acceptors (Lipinski definition) is 4. The quantitative estimate of drug-likeness (QED) is 0.180. The molecule has 0 atom stereocenters. The summed E-state index contributed by atoms with van der Waals surface area (Å²) in [5.41, 5.74) is 2.56. The first-order chi connectivity index (χ1) is 16.3. The number of rotatable bonds is 17. The van der Waals surface area contributed by atoms with E-state index in [4.69, 9.17) is 4.74 Å². The van der Waals surface area contributed by atoms with Gasteiger partial charge in [0.15, 0.2) is 5.78 Å². The van der Waals surface area contributed by atoms with Gasteiger partial charge in [-0.2, -0.15) is 8.78 Å². The van der Waals surface area contributed by atoms with Gasteiger partial charge in [0.2, 0.25) is 5.78 Å². The summed E-state index contributed by atoms with van der Waals surface area (Å²) in [6.45, 7) is 2.32. The summed E-state index contributed by atoms with van der Waals surface area (Å²) < 4.78 is 33.3. The van der Waals surface area contributed by atoms with Crippen LogP contribution < -0.4 is 0 Å². The molecule has 0 aromatic heterocycles. The minimum atomic E-state index is -3.26. The lowest BCUT2D eigenvalue weighted by atomic mass is 9.96. The SMILES string of the molecule is CCCCCC(F)(F)C(=O)CCC1=C(CCCCCCOC(=O)Cc2ccccc2)C(=O)CC1. The summed E-state index contributed by atoms with van der Waals surface area (Å²) in [4.78, 5) is 36.1. The average molecular weight is 477 g/mol. The minimum Gasteiger partial charge on any atom is -0.465 e. The van der Waals surface area contributed by atoms with Crippen LogP contribution in [-0.4, -0.2) is 30.1 Å². The van der Waals surface area contributed by atoms with Crippen LogP contribution in [0.15, 0.2) is 41.5 Å². The smallest absolute Gasteiger partial charge is 0.310 e. The molecular weight excluding hydrogens is 438 g/mol. The number of Topliss-reactive ketones (excluding diaryl/α,β-unsaturated/α-hetero) is 2. The predicted octanol–water partition coefficient (Wildman–Crippen LogP) is 6.95. The molecule has 34 heavy (non-hydrogen) atoms. The van der Waals surface area contributed by atoms with Gasteiger partial charge in [-0.25, -0.2) is 0 Å². The Balaban J connectivity index is 1.64. The van der Waals surface area contributed by atoms with Crippen LogP contribution in [0.5, 0.6) is 0 Å². The van der Waals surface area contributed by atoms with Crippen molar-refractivity contribution in [2.75, 3.05) is 6.61 Å². The third-order valence-electron chi connectivity index (χ3n) is 6.35. The fourth-order valence-corrected chi connectivity index (χ4v) is 4.30. The Morgan fingerprint density at radius 1 is 0.941 bits per heavy atom. The number of esters is 1. The van der Waals surface area contributed by atoms with Gasteiger partial charge >= 0.3 is 11.9 Å². The van der Waals surface area contributed by atoms with Crippen LogP contribution in [-0.2, 0) is 25.5 Å². The van der Waals surface area contributed by atoms with E-state index in [9.17, 15) is 23.2 Å². The summed E-state index contributed by atoms with van der Waals surface area (Å²) in [7, 11) is 0. The number of allylic oxidation sites excluding steroid dienone is 2. The second-order valence-electron chi connectivity index (χ2n) is 9.14. The third kappa shape index (κ3) is 9.86. The first-order valence-electron chi connectivity index (χ1n) is 12.7. The Hall–Kier alpha value is -2.37. The highest BCUT2D eigenvalue weighted by Gasteiger charge is 2.37. The Kier molecular flexibility index (Phi) is 12.1. The van der Waals surface area contributed by atoms with Gasteiger partial charge in [0.1, 0.15) is 0 Å². The first-order valence-corrected chi connectivity index (χ1v) is 12.7. The molecule has 2 rings (SSSR count). The topological polar surface area (TPSA) is 60.4 Å². The summed E-state index contributed by atoms with van der Waals surface area (Å²) >= 11 is 0. The molecule has 0 bridgehead atoms. The van der Waals surface area contributed by atoms with Crippen LogP contribution >= 0.6 is 0 Å². The van der Waals surface area contributed by atoms with E-state index in [-0.39, 0.29) is 37.4 Å². The molecule has 0 aliphatic heterocycles. The number of halogens is 2. The normalized spacial score (nSPS) is 14.0. The molecule has 4 nitrogen and oxygen atoms in total. The van der Waals surface area contributed by atoms with Crippen molar-refractivity contribution in [3.63, 3.8) is 0 Å². The van der Waals surface area contributed by atoms with Crippen LogP contribution in [0.3, 0.4) is 0 Å². The van der Waals surface area contributed by atoms with Gasteiger partial charge in [-0.3, -0.25) is 14.4 Å². The molecule has 0 radical (unpaired) electrons. The molecule has 0 saturated heterocycles. The molecule has 188 valence electrons. The van der Waals surface area contributed by atoms with E-state index in [0.717, 1.165) is 48.8 Å². The zero-order chi connectivity index (χ0) is 24.8. The van der Waals surface area contributed by atoms with Crippen LogP contribution in [0.1, 0.15) is 96.0 Å². The number of ether oxygens (including phenoxy) is 1. The predicted molar refractivity (Wildman–Crippen MR) is 129 cm³/mol. The first kappa shape index (κ1) is 27.9. The fourth-order valence-electron chi connectivity index (χ4n) is 4.30. The van der Waals surface area contributed by atoms with Crippen LogP contribution in [0.25, 0.3) is 0 Å². The number of ketones is 2. The largest absolute Gasteiger partial charge is 0.465 e. The zero-order valence-electron chi connectivity index (χ0n) is 20.4. The van der Waals surface area contributed by atoms with Crippen molar-refractivity contribution < 1.29 is 27.9 Å². The molecule has 0 fully saturated rings. The van der Waals surface area contributed by atoms with Crippen molar-refractivity contribution in [2.45, 2.75) is 103 Å². The van der Waals surface area contributed by atoms with E-state index in [1.807, 2.05) is 37.3 Å². The molecular formula is C28H38F2O4. The Morgan fingerprint density at radius 3 is 2.41 bits per heavy atom. The van der Waals surface area contributed by atoms with Gasteiger partial charge in [0.25, 0.3) is 0 Å². The van der Waals surface area contributed by atoms with Gasteiger partial charge in [0, 0.05) is 19.3 Å². The molecule has 0 N–H and O–H groups in total. The standard InChI is InChI=1S/C28H38F2O4/c1-2-3-10-19-28(29,30)26(32)18-16-23-15-17-25(31)24(23)14-9-4-5-11-20-34-27(33)21-22-12-7-6-8-13-22/h6-8,12-13H,2-5,9-11,14-21H2,1H3. The molecule has 1 aromatic rings. The number of benzene rings is 1. The van der Waals surface area contributed by atoms with E-state index in [2.05, 4.69) is 0 Å². The molecule has 0 unspecified atom stereocenters. The van der Waals surface area contributed by atoms with Crippen molar-refractivity contribution in [2.24, 2.45) is 0 Å². The van der Waals surface area contributed by atoms with Crippen molar-refractivity contribution in [3.8, 4) is 0 Å². The van der Waals surface area contributed by atoms with Crippen molar-refractivity contribution >= 4 is 17.5 Å². The van der Waals surface area contributed by atoms with Gasteiger partial charge in [-0.1, -0.05) is 68.5 Å². The monoisotopic (exact) mass is 476 g/mol. The molecule has 0 spiro atoms. The Morgan fingerprint density at radius 2 is 1.68 bits per heavy atom. The molecule has 1 aliphatic carbocycles. The lowest BCUT2D eigenvalue weighted by Gasteiger charge is -2.15. The van der Waals surface area contributed by atoms with E-state index >= 15 is 0 Å². The van der Waals surface area contributed by atoms with E-state index in [1.165, 1.54) is 0 Å². The van der Waals surface area contributed by atoms with Crippen molar-refractivity contribution in [1.82, 2.24) is 0 Å². The van der Waals surface area contributed by atoms with E-state index in [0.29, 0.717) is 38.7 Å². The lowest BCUT2D eigenvalue weighted by Crippen LogP contribution is -2.28. The highest BCUT2D eigenvalue weighted by atomic mass is 19.3. The average Bonchev–Trinajstić information content (AvgIpc) is 3.16. The maximum Gasteiger partial charge on any atom is 0.310 e. The maximum absolute atomic E-state index is 14.0. The Labute approximate surface area is 202 Å². The highest BCUT2D eigenvalue weighted by Crippen LogP contribution is 2.32. The summed E-state index contributed by atoms with van der Waals surface area (Å²) in [6.07, 6.45) is 6.85. The Bertz CT molecular complexity index is 830. The number of carbonyl (C=O) groups excluding carboxylic acids is 3. The van der Waals surface area contributed by atoms with Crippen molar-refractivity contribution in [3.05, 3.63) is 47.0 Å². The van der Waals surface area contributed by atoms with E-state index < -0.39 is 11.7 Å². The van der Waals surface area contributed by atoms with Crippen LogP contribution in [0, 0.1) is 0 Å². The van der Waals surface area contributed by atoms with Gasteiger partial charge < -0.3 is 4.74 Å². The second kappa shape index (κ2) is 14.8. The number of carbonyl (C=O) groups is 3. The van der Waals surface area contributed by atoms with Crippen molar-refractivity contribution in [1.29, 1.82) is 0 Å². The van der Waals surface area contributed by atoms with E-state index in [1.54, 1.807) is 0 Å². The van der Waals surface area contributed by atoms with Gasteiger partial charge in [0.05, 0.1) is 13.0 Å². The molecule has 1 aliphatic rings. The minimum absolute atomic E-state index is 0.0898. The van der Waals surface area contributed by atoms with Gasteiger partial charge in [-0.05, 0) is 49.7 Å². The van der Waals surface area contributed by atoms with Gasteiger partial charge in [-0.15, -0.1) is 0 Å². The van der Waals surface area contributed by atoms with Crippen LogP contribution in [0.4, 0.5) is 8.78 Å². The third-order valence-corrected chi connectivity index (χ3v) is 6.35. The molecule has 6 heteroatoms. The summed E-state index contributed by atoms with van der Waals surface area (Å²) in [5.74, 6) is -4.41. The number of alkyl halides is 2. The molecule has 0 amide bonds. The summed E-state index contributed by atoms with van der Waals surface area (Å²) in [6, 6.07) is 9.47.